The molecule has 7 nitrogen and oxygen atoms in total. The SMILES string of the molecule is CCOP(C)(=O)CO[C@@H]1CC(OC(=O)c2ccccc2)[C@@H](CO[Si](c2ccccc2)(c2ccccc2)C(C)(C)C)O1. The second-order valence-corrected chi connectivity index (χ2v) is 18.2. The first-order valence-electron chi connectivity index (χ1n) is 14.0. The van der Waals surface area contributed by atoms with Gasteiger partial charge in [-0.2, -0.15) is 0 Å². The molecular weight excluding hydrogens is 555 g/mol. The summed E-state index contributed by atoms with van der Waals surface area (Å²) < 4.78 is 43.3. The van der Waals surface area contributed by atoms with Gasteiger partial charge in [-0.15, -0.1) is 0 Å². The Morgan fingerprint density at radius 2 is 1.46 bits per heavy atom. The molecule has 9 heteroatoms. The van der Waals surface area contributed by atoms with Gasteiger partial charge in [-0.25, -0.2) is 4.79 Å². The molecule has 0 N–H and O–H groups in total. The average Bonchev–Trinajstić information content (AvgIpc) is 3.34. The lowest BCUT2D eigenvalue weighted by atomic mass is 10.2. The Morgan fingerprint density at radius 3 is 1.98 bits per heavy atom. The van der Waals surface area contributed by atoms with Gasteiger partial charge < -0.3 is 23.2 Å². The van der Waals surface area contributed by atoms with Crippen molar-refractivity contribution in [3.63, 3.8) is 0 Å². The monoisotopic (exact) mass is 596 g/mol. The predicted molar refractivity (Wildman–Crippen MR) is 164 cm³/mol. The molecule has 4 rings (SSSR count). The molecular formula is C32H41O7PSi. The average molecular weight is 597 g/mol. The minimum Gasteiger partial charge on any atom is -0.456 e. The normalized spacial score (nSPS) is 20.9. The molecule has 4 atom stereocenters. The van der Waals surface area contributed by atoms with Crippen LogP contribution < -0.4 is 10.4 Å². The van der Waals surface area contributed by atoms with Gasteiger partial charge in [0.05, 0.1) is 18.8 Å². The van der Waals surface area contributed by atoms with Crippen molar-refractivity contribution in [1.82, 2.24) is 0 Å². The maximum atomic E-state index is 13.0. The van der Waals surface area contributed by atoms with E-state index in [4.69, 9.17) is 23.2 Å². The van der Waals surface area contributed by atoms with Crippen LogP contribution in [-0.2, 0) is 27.7 Å². The van der Waals surface area contributed by atoms with E-state index in [-0.39, 0.29) is 18.0 Å². The zero-order valence-corrected chi connectivity index (χ0v) is 26.4. The molecule has 0 aromatic heterocycles. The topological polar surface area (TPSA) is 80.3 Å². The van der Waals surface area contributed by atoms with Gasteiger partial charge in [0, 0.05) is 13.1 Å². The highest BCUT2D eigenvalue weighted by molar-refractivity contribution is 7.57. The number of esters is 1. The maximum Gasteiger partial charge on any atom is 0.338 e. The first-order chi connectivity index (χ1) is 19.6. The molecule has 0 amide bonds. The number of carbonyl (C=O) groups excluding carboxylic acids is 1. The number of hydrogen-bond donors (Lipinski definition) is 0. The fourth-order valence-electron chi connectivity index (χ4n) is 5.33. The molecule has 1 heterocycles. The first-order valence-corrected chi connectivity index (χ1v) is 18.2. The lowest BCUT2D eigenvalue weighted by Crippen LogP contribution is -2.67. The van der Waals surface area contributed by atoms with Gasteiger partial charge in [0.25, 0.3) is 8.32 Å². The van der Waals surface area contributed by atoms with Crippen LogP contribution in [0.2, 0.25) is 5.04 Å². The Kier molecular flexibility index (Phi) is 10.4. The second-order valence-electron chi connectivity index (χ2n) is 11.4. The Labute approximate surface area is 244 Å². The molecule has 1 aliphatic rings. The maximum absolute atomic E-state index is 13.0. The third-order valence-corrected chi connectivity index (χ3v) is 13.6. The minimum absolute atomic E-state index is 0.0901. The smallest absolute Gasteiger partial charge is 0.338 e. The van der Waals surface area contributed by atoms with Crippen LogP contribution in [0, 0.1) is 0 Å². The van der Waals surface area contributed by atoms with E-state index in [1.54, 1.807) is 37.9 Å². The molecule has 2 unspecified atom stereocenters. The standard InChI is InChI=1S/C32H41O7PSi/c1-6-36-40(5,34)24-35-30-22-28(39-31(33)25-16-10-7-11-17-25)29(38-30)23-37-41(32(2,3)4,26-18-12-8-13-19-26)27-20-14-9-15-21-27/h7-21,28-30H,6,22-24H2,1-5H3/t28?,29-,30+,40?/m1/s1. The van der Waals surface area contributed by atoms with Gasteiger partial charge >= 0.3 is 5.97 Å². The third-order valence-electron chi connectivity index (χ3n) is 7.21. The lowest BCUT2D eigenvalue weighted by molar-refractivity contribution is -0.132. The van der Waals surface area contributed by atoms with E-state index in [2.05, 4.69) is 45.0 Å². The van der Waals surface area contributed by atoms with Gasteiger partial charge in [-0.1, -0.05) is 99.6 Å². The summed E-state index contributed by atoms with van der Waals surface area (Å²) in [6, 6.07) is 29.6. The highest BCUT2D eigenvalue weighted by Crippen LogP contribution is 2.43. The largest absolute Gasteiger partial charge is 0.456 e. The summed E-state index contributed by atoms with van der Waals surface area (Å²) in [5.74, 6) is -0.439. The van der Waals surface area contributed by atoms with E-state index in [9.17, 15) is 9.36 Å². The third kappa shape index (κ3) is 7.63. The number of benzene rings is 3. The number of ether oxygens (including phenoxy) is 3. The molecule has 220 valence electrons. The summed E-state index contributed by atoms with van der Waals surface area (Å²) in [6.07, 6.45) is -1.72. The zero-order valence-electron chi connectivity index (χ0n) is 24.5. The number of rotatable bonds is 12. The molecule has 1 aliphatic heterocycles. The summed E-state index contributed by atoms with van der Waals surface area (Å²) in [4.78, 5) is 13.0. The molecule has 1 saturated heterocycles. The van der Waals surface area contributed by atoms with Gasteiger partial charge in [-0.05, 0) is 34.5 Å². The van der Waals surface area contributed by atoms with Crippen molar-refractivity contribution < 1.29 is 32.5 Å². The summed E-state index contributed by atoms with van der Waals surface area (Å²) in [6.45, 7) is 10.5. The fraction of sp³-hybridized carbons (Fsp3) is 0.406. The quantitative estimate of drug-likeness (QED) is 0.148. The molecule has 0 spiro atoms. The van der Waals surface area contributed by atoms with Gasteiger partial charge in [0.15, 0.2) is 6.29 Å². The number of carbonyl (C=O) groups is 1. The molecule has 0 aliphatic carbocycles. The Morgan fingerprint density at radius 1 is 0.927 bits per heavy atom. The van der Waals surface area contributed by atoms with Crippen LogP contribution in [0.25, 0.3) is 0 Å². The van der Waals surface area contributed by atoms with Gasteiger partial charge in [0.2, 0.25) is 7.37 Å². The van der Waals surface area contributed by atoms with Crippen molar-refractivity contribution in [2.75, 3.05) is 26.2 Å². The van der Waals surface area contributed by atoms with Crippen molar-refractivity contribution in [1.29, 1.82) is 0 Å². The van der Waals surface area contributed by atoms with Crippen molar-refractivity contribution in [2.45, 2.75) is 57.7 Å². The van der Waals surface area contributed by atoms with Crippen LogP contribution in [0.4, 0.5) is 0 Å². The second kappa shape index (κ2) is 13.6. The lowest BCUT2D eigenvalue weighted by Gasteiger charge is -2.43. The fourth-order valence-corrected chi connectivity index (χ4v) is 11.0. The van der Waals surface area contributed by atoms with E-state index in [1.807, 2.05) is 42.5 Å². The highest BCUT2D eigenvalue weighted by Gasteiger charge is 2.51. The van der Waals surface area contributed by atoms with E-state index < -0.39 is 40.2 Å². The molecule has 0 bridgehead atoms. The van der Waals surface area contributed by atoms with Crippen LogP contribution in [-0.4, -0.2) is 59.0 Å². The van der Waals surface area contributed by atoms with Crippen molar-refractivity contribution in [3.05, 3.63) is 96.6 Å². The molecule has 3 aromatic carbocycles. The van der Waals surface area contributed by atoms with Crippen LogP contribution in [0.15, 0.2) is 91.0 Å². The van der Waals surface area contributed by atoms with Crippen LogP contribution in [0.1, 0.15) is 44.5 Å². The zero-order chi connectivity index (χ0) is 29.5. The summed E-state index contributed by atoms with van der Waals surface area (Å²) in [5.41, 5.74) is 0.456. The molecule has 1 fully saturated rings. The van der Waals surface area contributed by atoms with E-state index in [0.29, 0.717) is 18.6 Å². The van der Waals surface area contributed by atoms with Crippen molar-refractivity contribution in [3.8, 4) is 0 Å². The van der Waals surface area contributed by atoms with Gasteiger partial charge in [0.1, 0.15) is 18.6 Å². The Bertz CT molecular complexity index is 1260. The van der Waals surface area contributed by atoms with E-state index >= 15 is 0 Å². The van der Waals surface area contributed by atoms with Crippen LogP contribution >= 0.6 is 7.37 Å². The van der Waals surface area contributed by atoms with E-state index in [0.717, 1.165) is 10.4 Å². The Balaban J connectivity index is 1.62. The molecule has 3 aromatic rings. The summed E-state index contributed by atoms with van der Waals surface area (Å²) in [5, 5.41) is 2.06. The number of hydrogen-bond acceptors (Lipinski definition) is 7. The minimum atomic E-state index is -2.94. The van der Waals surface area contributed by atoms with Crippen molar-refractivity contribution in [2.24, 2.45) is 0 Å². The summed E-state index contributed by atoms with van der Waals surface area (Å²) in [7, 11) is -5.80. The summed E-state index contributed by atoms with van der Waals surface area (Å²) >= 11 is 0. The van der Waals surface area contributed by atoms with Crippen molar-refractivity contribution >= 4 is 32.0 Å². The van der Waals surface area contributed by atoms with E-state index in [1.165, 1.54) is 0 Å². The molecule has 0 radical (unpaired) electrons. The predicted octanol–water partition coefficient (Wildman–Crippen LogP) is 5.82. The van der Waals surface area contributed by atoms with Crippen LogP contribution in [0.5, 0.6) is 0 Å². The van der Waals surface area contributed by atoms with Gasteiger partial charge in [-0.3, -0.25) is 4.57 Å². The highest BCUT2D eigenvalue weighted by atomic mass is 31.2. The van der Waals surface area contributed by atoms with Crippen LogP contribution in [0.3, 0.4) is 0 Å². The first kappa shape index (κ1) is 31.4. The molecule has 41 heavy (non-hydrogen) atoms. The molecule has 0 saturated carbocycles. The Hall–Kier alpha value is -2.58.